The van der Waals surface area contributed by atoms with Crippen molar-refractivity contribution in [2.45, 2.75) is 50.7 Å². The summed E-state index contributed by atoms with van der Waals surface area (Å²) in [7, 11) is 0. The van der Waals surface area contributed by atoms with Crippen LogP contribution in [0.15, 0.2) is 0 Å². The molecule has 2 heteroatoms. The molecule has 0 bridgehead atoms. The van der Waals surface area contributed by atoms with Crippen LogP contribution in [0.2, 0.25) is 0 Å². The normalized spacial score (nSPS) is 48.5. The van der Waals surface area contributed by atoms with Gasteiger partial charge in [-0.05, 0) is 24.7 Å². The molecule has 70 valence electrons. The average molecular weight is 170 g/mol. The van der Waals surface area contributed by atoms with Gasteiger partial charge in [-0.15, -0.1) is 0 Å². The molecule has 0 aromatic carbocycles. The van der Waals surface area contributed by atoms with Crippen LogP contribution in [0, 0.1) is 11.8 Å². The van der Waals surface area contributed by atoms with E-state index in [2.05, 4.69) is 0 Å². The van der Waals surface area contributed by atoms with Crippen molar-refractivity contribution in [3.05, 3.63) is 0 Å². The van der Waals surface area contributed by atoms with Gasteiger partial charge in [0.2, 0.25) is 0 Å². The molecule has 0 aromatic heterocycles. The van der Waals surface area contributed by atoms with Gasteiger partial charge in [0, 0.05) is 0 Å². The topological polar surface area (TPSA) is 40.5 Å². The van der Waals surface area contributed by atoms with E-state index in [1.165, 1.54) is 25.7 Å². The Morgan fingerprint density at radius 1 is 0.750 bits per heavy atom. The Labute approximate surface area is 73.6 Å². The molecule has 2 rings (SSSR count). The van der Waals surface area contributed by atoms with Crippen molar-refractivity contribution in [1.82, 2.24) is 0 Å². The fourth-order valence-electron chi connectivity index (χ4n) is 2.84. The lowest BCUT2D eigenvalue weighted by Crippen LogP contribution is -2.40. The molecule has 2 aliphatic carbocycles. The molecular formula is C10H18O2. The molecule has 0 saturated heterocycles. The summed E-state index contributed by atoms with van der Waals surface area (Å²) in [6, 6.07) is 0. The van der Waals surface area contributed by atoms with Crippen LogP contribution in [-0.2, 0) is 0 Å². The molecule has 0 spiro atoms. The van der Waals surface area contributed by atoms with E-state index in [0.29, 0.717) is 11.8 Å². The first kappa shape index (κ1) is 8.52. The highest BCUT2D eigenvalue weighted by Gasteiger charge is 2.36. The van der Waals surface area contributed by atoms with E-state index < -0.39 is 12.2 Å². The Bertz CT molecular complexity index is 140. The van der Waals surface area contributed by atoms with Crippen LogP contribution in [0.1, 0.15) is 38.5 Å². The summed E-state index contributed by atoms with van der Waals surface area (Å²) in [6.07, 6.45) is 5.99. The Morgan fingerprint density at radius 3 is 1.58 bits per heavy atom. The minimum atomic E-state index is -0.440. The first-order valence-electron chi connectivity index (χ1n) is 5.13. The highest BCUT2D eigenvalue weighted by Crippen LogP contribution is 2.40. The molecule has 4 atom stereocenters. The minimum Gasteiger partial charge on any atom is -0.390 e. The van der Waals surface area contributed by atoms with E-state index in [9.17, 15) is 10.2 Å². The Balaban J connectivity index is 1.98. The molecule has 0 aromatic rings. The summed E-state index contributed by atoms with van der Waals surface area (Å²) >= 11 is 0. The van der Waals surface area contributed by atoms with Gasteiger partial charge in [-0.25, -0.2) is 0 Å². The van der Waals surface area contributed by atoms with E-state index in [-0.39, 0.29) is 0 Å². The van der Waals surface area contributed by atoms with Crippen molar-refractivity contribution in [2.24, 2.45) is 11.8 Å². The van der Waals surface area contributed by atoms with Crippen molar-refractivity contribution in [1.29, 1.82) is 0 Å². The van der Waals surface area contributed by atoms with Crippen LogP contribution < -0.4 is 0 Å². The molecule has 2 nitrogen and oxygen atoms in total. The molecule has 2 saturated carbocycles. The average Bonchev–Trinajstić information content (AvgIpc) is 2.07. The largest absolute Gasteiger partial charge is 0.390 e. The Kier molecular flexibility index (Phi) is 2.37. The standard InChI is InChI=1S/C10H18O2/c11-9-5-7-3-1-2-4-8(7)6-10(9)12/h7-12H,1-6H2/t7-,8-,9-,10+/m1/s1. The first-order valence-corrected chi connectivity index (χ1v) is 5.13. The second kappa shape index (κ2) is 3.35. The van der Waals surface area contributed by atoms with Gasteiger partial charge < -0.3 is 10.2 Å². The van der Waals surface area contributed by atoms with E-state index in [0.717, 1.165) is 12.8 Å². The zero-order chi connectivity index (χ0) is 8.55. The fraction of sp³-hybridized carbons (Fsp3) is 1.00. The molecule has 0 amide bonds. The van der Waals surface area contributed by atoms with E-state index in [4.69, 9.17) is 0 Å². The molecule has 0 unspecified atom stereocenters. The minimum absolute atomic E-state index is 0.440. The number of fused-ring (bicyclic) bond motifs is 1. The van der Waals surface area contributed by atoms with Gasteiger partial charge in [0.05, 0.1) is 12.2 Å². The predicted molar refractivity (Wildman–Crippen MR) is 46.7 cm³/mol. The van der Waals surface area contributed by atoms with E-state index in [1.54, 1.807) is 0 Å². The van der Waals surface area contributed by atoms with Gasteiger partial charge >= 0.3 is 0 Å². The van der Waals surface area contributed by atoms with Crippen molar-refractivity contribution in [3.63, 3.8) is 0 Å². The maximum Gasteiger partial charge on any atom is 0.0802 e. The van der Waals surface area contributed by atoms with Gasteiger partial charge in [-0.2, -0.15) is 0 Å². The summed E-state index contributed by atoms with van der Waals surface area (Å²) in [4.78, 5) is 0. The van der Waals surface area contributed by atoms with Crippen LogP contribution in [0.25, 0.3) is 0 Å². The summed E-state index contributed by atoms with van der Waals surface area (Å²) in [5, 5.41) is 18.9. The molecule has 12 heavy (non-hydrogen) atoms. The summed E-state index contributed by atoms with van der Waals surface area (Å²) < 4.78 is 0. The predicted octanol–water partition coefficient (Wildman–Crippen LogP) is 1.31. The van der Waals surface area contributed by atoms with Gasteiger partial charge in [-0.3, -0.25) is 0 Å². The lowest BCUT2D eigenvalue weighted by atomic mass is 9.69. The van der Waals surface area contributed by atoms with Crippen molar-refractivity contribution in [2.75, 3.05) is 0 Å². The lowest BCUT2D eigenvalue weighted by molar-refractivity contribution is -0.0566. The molecule has 0 heterocycles. The third-order valence-corrected chi connectivity index (χ3v) is 3.60. The van der Waals surface area contributed by atoms with Gasteiger partial charge in [0.25, 0.3) is 0 Å². The first-order chi connectivity index (χ1) is 5.77. The highest BCUT2D eigenvalue weighted by molar-refractivity contribution is 4.87. The zero-order valence-electron chi connectivity index (χ0n) is 7.45. The maximum absolute atomic E-state index is 9.47. The number of aliphatic hydroxyl groups excluding tert-OH is 2. The number of hydrogen-bond acceptors (Lipinski definition) is 2. The molecule has 2 N–H and O–H groups in total. The van der Waals surface area contributed by atoms with Crippen molar-refractivity contribution < 1.29 is 10.2 Å². The van der Waals surface area contributed by atoms with Crippen LogP contribution >= 0.6 is 0 Å². The second-order valence-corrected chi connectivity index (χ2v) is 4.41. The van der Waals surface area contributed by atoms with Crippen LogP contribution in [0.3, 0.4) is 0 Å². The second-order valence-electron chi connectivity index (χ2n) is 4.41. The van der Waals surface area contributed by atoms with Gasteiger partial charge in [0.1, 0.15) is 0 Å². The van der Waals surface area contributed by atoms with E-state index in [1.807, 2.05) is 0 Å². The van der Waals surface area contributed by atoms with E-state index >= 15 is 0 Å². The summed E-state index contributed by atoms with van der Waals surface area (Å²) in [5.41, 5.74) is 0. The van der Waals surface area contributed by atoms with Crippen LogP contribution in [0.4, 0.5) is 0 Å². The molecule has 0 aliphatic heterocycles. The monoisotopic (exact) mass is 170 g/mol. The van der Waals surface area contributed by atoms with Crippen molar-refractivity contribution in [3.8, 4) is 0 Å². The third kappa shape index (κ3) is 1.50. The van der Waals surface area contributed by atoms with Gasteiger partial charge in [0.15, 0.2) is 0 Å². The number of rotatable bonds is 0. The fourth-order valence-corrected chi connectivity index (χ4v) is 2.84. The quantitative estimate of drug-likeness (QED) is 0.575. The highest BCUT2D eigenvalue weighted by atomic mass is 16.3. The molecule has 0 radical (unpaired) electrons. The maximum atomic E-state index is 9.47. The van der Waals surface area contributed by atoms with Crippen LogP contribution in [0.5, 0.6) is 0 Å². The Morgan fingerprint density at radius 2 is 1.17 bits per heavy atom. The molecule has 2 aliphatic rings. The number of aliphatic hydroxyl groups is 2. The SMILES string of the molecule is O[C@@H]1C[C@H]2CCCC[C@@H]2C[C@@H]1O. The summed E-state index contributed by atoms with van der Waals surface area (Å²) in [6.45, 7) is 0. The van der Waals surface area contributed by atoms with Crippen LogP contribution in [-0.4, -0.2) is 22.4 Å². The molecular weight excluding hydrogens is 152 g/mol. The van der Waals surface area contributed by atoms with Gasteiger partial charge in [-0.1, -0.05) is 25.7 Å². The Hall–Kier alpha value is -0.0800. The smallest absolute Gasteiger partial charge is 0.0802 e. The third-order valence-electron chi connectivity index (χ3n) is 3.60. The number of hydrogen-bond donors (Lipinski definition) is 2. The van der Waals surface area contributed by atoms with Crippen molar-refractivity contribution >= 4 is 0 Å². The molecule has 2 fully saturated rings. The lowest BCUT2D eigenvalue weighted by Gasteiger charge is -2.40. The summed E-state index contributed by atoms with van der Waals surface area (Å²) in [5.74, 6) is 1.41. The zero-order valence-corrected chi connectivity index (χ0v) is 7.45.